The van der Waals surface area contributed by atoms with Gasteiger partial charge in [-0.25, -0.2) is 0 Å². The molecule has 0 unspecified atom stereocenters. The summed E-state index contributed by atoms with van der Waals surface area (Å²) in [6.45, 7) is 5.57. The third-order valence-corrected chi connectivity index (χ3v) is 3.12. The molecule has 0 amide bonds. The Balaban J connectivity index is 3.08. The Labute approximate surface area is 106 Å². The number of aliphatic hydroxyl groups is 1. The van der Waals surface area contributed by atoms with Crippen LogP contribution in [0, 0.1) is 15.5 Å². The minimum absolute atomic E-state index is 0.111. The first-order valence-electron chi connectivity index (χ1n) is 6.09. The minimum Gasteiger partial charge on any atom is -0.394 e. The summed E-state index contributed by atoms with van der Waals surface area (Å²) in [5.74, 6) is -0.438. The van der Waals surface area contributed by atoms with E-state index in [-0.39, 0.29) is 30.2 Å². The van der Waals surface area contributed by atoms with Gasteiger partial charge in [0.1, 0.15) is 0 Å². The van der Waals surface area contributed by atoms with Crippen LogP contribution in [-0.4, -0.2) is 28.5 Å². The standard InChI is InChI=1S/C12H20N2O4/c1-4-8(7-15)13-9-5-12(2,3)6-10(16)11(9)14(17)18/h8,13,15H,4-7H2,1-3H3/t8-/m0/s1. The third-order valence-electron chi connectivity index (χ3n) is 3.12. The van der Waals surface area contributed by atoms with Crippen LogP contribution in [0.3, 0.4) is 0 Å². The average molecular weight is 256 g/mol. The highest BCUT2D eigenvalue weighted by Gasteiger charge is 2.40. The second-order valence-electron chi connectivity index (χ2n) is 5.46. The molecule has 102 valence electrons. The Bertz CT molecular complexity index is 384. The van der Waals surface area contributed by atoms with E-state index in [1.54, 1.807) is 0 Å². The zero-order chi connectivity index (χ0) is 13.9. The lowest BCUT2D eigenvalue weighted by Gasteiger charge is -2.30. The summed E-state index contributed by atoms with van der Waals surface area (Å²) in [6.07, 6.45) is 1.27. The van der Waals surface area contributed by atoms with Crippen LogP contribution in [0.2, 0.25) is 0 Å². The van der Waals surface area contributed by atoms with Crippen LogP contribution in [0.25, 0.3) is 0 Å². The van der Waals surface area contributed by atoms with Gasteiger partial charge in [0.25, 0.3) is 0 Å². The summed E-state index contributed by atoms with van der Waals surface area (Å²) in [5.41, 5.74) is -0.282. The van der Waals surface area contributed by atoms with Crippen molar-refractivity contribution < 1.29 is 14.8 Å². The molecular weight excluding hydrogens is 236 g/mol. The predicted molar refractivity (Wildman–Crippen MR) is 66.3 cm³/mol. The molecule has 0 fully saturated rings. The molecule has 0 aromatic heterocycles. The summed E-state index contributed by atoms with van der Waals surface area (Å²) in [6, 6.07) is -0.253. The van der Waals surface area contributed by atoms with Crippen LogP contribution in [0.4, 0.5) is 0 Å². The molecule has 0 bridgehead atoms. The number of carbonyl (C=O) groups is 1. The Kier molecular flexibility index (Phi) is 4.45. The summed E-state index contributed by atoms with van der Waals surface area (Å²) in [4.78, 5) is 22.2. The van der Waals surface area contributed by atoms with Crippen molar-refractivity contribution in [3.63, 3.8) is 0 Å². The zero-order valence-corrected chi connectivity index (χ0v) is 11.0. The second-order valence-corrected chi connectivity index (χ2v) is 5.46. The third kappa shape index (κ3) is 3.29. The van der Waals surface area contributed by atoms with Gasteiger partial charge < -0.3 is 10.4 Å². The van der Waals surface area contributed by atoms with Gasteiger partial charge in [0.15, 0.2) is 0 Å². The molecular formula is C12H20N2O4. The molecule has 0 radical (unpaired) electrons. The van der Waals surface area contributed by atoms with Crippen molar-refractivity contribution in [1.29, 1.82) is 0 Å². The maximum atomic E-state index is 11.8. The van der Waals surface area contributed by atoms with E-state index in [4.69, 9.17) is 5.11 Å². The number of carbonyl (C=O) groups excluding carboxylic acids is 1. The van der Waals surface area contributed by atoms with Gasteiger partial charge in [-0.15, -0.1) is 0 Å². The van der Waals surface area contributed by atoms with E-state index in [0.29, 0.717) is 18.5 Å². The molecule has 1 aliphatic carbocycles. The molecule has 2 N–H and O–H groups in total. The van der Waals surface area contributed by atoms with Crippen LogP contribution >= 0.6 is 0 Å². The number of nitrogens with zero attached hydrogens (tertiary/aromatic N) is 1. The van der Waals surface area contributed by atoms with E-state index in [0.717, 1.165) is 0 Å². The molecule has 6 nitrogen and oxygen atoms in total. The smallest absolute Gasteiger partial charge is 0.330 e. The lowest BCUT2D eigenvalue weighted by Crippen LogP contribution is -2.39. The molecule has 0 aliphatic heterocycles. The molecule has 0 aromatic carbocycles. The topological polar surface area (TPSA) is 92.5 Å². The Hall–Kier alpha value is -1.43. The Morgan fingerprint density at radius 3 is 2.56 bits per heavy atom. The molecule has 0 aromatic rings. The van der Waals surface area contributed by atoms with Gasteiger partial charge in [-0.2, -0.15) is 0 Å². The Morgan fingerprint density at radius 1 is 1.50 bits per heavy atom. The predicted octanol–water partition coefficient (Wildman–Crippen LogP) is 1.22. The van der Waals surface area contributed by atoms with Gasteiger partial charge >= 0.3 is 5.70 Å². The van der Waals surface area contributed by atoms with Crippen molar-refractivity contribution in [3.8, 4) is 0 Å². The van der Waals surface area contributed by atoms with Crippen LogP contribution in [0.1, 0.15) is 40.0 Å². The maximum Gasteiger partial charge on any atom is 0.330 e. The number of hydrogen-bond donors (Lipinski definition) is 2. The van der Waals surface area contributed by atoms with Gasteiger partial charge in [0.2, 0.25) is 5.78 Å². The Morgan fingerprint density at radius 2 is 2.11 bits per heavy atom. The highest BCUT2D eigenvalue weighted by Crippen LogP contribution is 2.36. The lowest BCUT2D eigenvalue weighted by molar-refractivity contribution is -0.421. The van der Waals surface area contributed by atoms with Crippen molar-refractivity contribution >= 4 is 5.78 Å². The van der Waals surface area contributed by atoms with Gasteiger partial charge in [0, 0.05) is 12.5 Å². The molecule has 1 atom stereocenters. The van der Waals surface area contributed by atoms with E-state index in [1.165, 1.54) is 0 Å². The van der Waals surface area contributed by atoms with Crippen LogP contribution in [0.5, 0.6) is 0 Å². The van der Waals surface area contributed by atoms with Crippen LogP contribution in [0.15, 0.2) is 11.4 Å². The average Bonchev–Trinajstić information content (AvgIpc) is 2.22. The fraction of sp³-hybridized carbons (Fsp3) is 0.750. The molecule has 18 heavy (non-hydrogen) atoms. The molecule has 0 saturated heterocycles. The SMILES string of the molecule is CC[C@@H](CO)NC1=C([N+](=O)[O-])C(=O)CC(C)(C)C1. The first kappa shape index (κ1) is 14.6. The largest absolute Gasteiger partial charge is 0.394 e. The van der Waals surface area contributed by atoms with Crippen molar-refractivity contribution in [2.45, 2.75) is 46.1 Å². The number of allylic oxidation sites excluding steroid dienone is 2. The van der Waals surface area contributed by atoms with E-state index in [1.807, 2.05) is 20.8 Å². The number of nitro groups is 1. The highest BCUT2D eigenvalue weighted by atomic mass is 16.6. The van der Waals surface area contributed by atoms with E-state index in [9.17, 15) is 14.9 Å². The van der Waals surface area contributed by atoms with Gasteiger partial charge in [-0.3, -0.25) is 14.9 Å². The quantitative estimate of drug-likeness (QED) is 0.570. The van der Waals surface area contributed by atoms with Gasteiger partial charge in [-0.05, 0) is 18.3 Å². The van der Waals surface area contributed by atoms with Crippen LogP contribution in [-0.2, 0) is 4.79 Å². The van der Waals surface area contributed by atoms with E-state index >= 15 is 0 Å². The summed E-state index contributed by atoms with van der Waals surface area (Å²) >= 11 is 0. The van der Waals surface area contributed by atoms with Crippen LogP contribution < -0.4 is 5.32 Å². The number of aliphatic hydroxyl groups excluding tert-OH is 1. The first-order valence-corrected chi connectivity index (χ1v) is 6.09. The fourth-order valence-electron chi connectivity index (χ4n) is 2.17. The van der Waals surface area contributed by atoms with Crippen molar-refractivity contribution in [1.82, 2.24) is 5.32 Å². The van der Waals surface area contributed by atoms with E-state index < -0.39 is 10.7 Å². The molecule has 0 heterocycles. The molecule has 6 heteroatoms. The van der Waals surface area contributed by atoms with E-state index in [2.05, 4.69) is 5.32 Å². The number of rotatable bonds is 5. The van der Waals surface area contributed by atoms with Gasteiger partial charge in [0.05, 0.1) is 17.2 Å². The monoisotopic (exact) mass is 256 g/mol. The normalized spacial score (nSPS) is 20.8. The lowest BCUT2D eigenvalue weighted by atomic mass is 9.77. The molecule has 0 saturated carbocycles. The number of Topliss-reactive ketones (excluding diaryl/α,β-unsaturated/α-hetero) is 1. The summed E-state index contributed by atoms with van der Waals surface area (Å²) in [5, 5.41) is 23.0. The van der Waals surface area contributed by atoms with Gasteiger partial charge in [-0.1, -0.05) is 20.8 Å². The number of nitrogens with one attached hydrogen (secondary N) is 1. The maximum absolute atomic E-state index is 11.8. The molecule has 0 spiro atoms. The minimum atomic E-state index is -0.621. The fourth-order valence-corrected chi connectivity index (χ4v) is 2.17. The summed E-state index contributed by atoms with van der Waals surface area (Å²) < 4.78 is 0. The summed E-state index contributed by atoms with van der Waals surface area (Å²) in [7, 11) is 0. The molecule has 1 aliphatic rings. The molecule has 1 rings (SSSR count). The van der Waals surface area contributed by atoms with Crippen molar-refractivity contribution in [2.75, 3.05) is 6.61 Å². The second kappa shape index (κ2) is 5.48. The number of hydrogen-bond acceptors (Lipinski definition) is 5. The first-order chi connectivity index (χ1) is 8.30. The van der Waals surface area contributed by atoms with Crippen molar-refractivity contribution in [2.24, 2.45) is 5.41 Å². The number of ketones is 1. The zero-order valence-electron chi connectivity index (χ0n) is 11.0. The van der Waals surface area contributed by atoms with Crippen molar-refractivity contribution in [3.05, 3.63) is 21.5 Å². The highest BCUT2D eigenvalue weighted by molar-refractivity contribution is 5.95.